The molecule has 0 atom stereocenters. The van der Waals surface area contributed by atoms with Crippen LogP contribution in [0.1, 0.15) is 32.1 Å². The van der Waals surface area contributed by atoms with Gasteiger partial charge in [0.05, 0.1) is 30.3 Å². The van der Waals surface area contributed by atoms with Crippen molar-refractivity contribution in [2.45, 2.75) is 0 Å². The van der Waals surface area contributed by atoms with Crippen molar-refractivity contribution in [1.29, 1.82) is 0 Å². The smallest absolute Gasteiger partial charge is 0.224 e. The van der Waals surface area contributed by atoms with E-state index in [0.29, 0.717) is 16.8 Å². The summed E-state index contributed by atoms with van der Waals surface area (Å²) in [7, 11) is 1.38. The number of nitrogens with zero attached hydrogens (tertiary/aromatic N) is 2. The molecule has 122 valence electrons. The molecule has 0 radical (unpaired) electrons. The van der Waals surface area contributed by atoms with Gasteiger partial charge in [0.1, 0.15) is 5.69 Å². The number of fused-ring (bicyclic) bond motifs is 3. The Bertz CT molecular complexity index is 1080. The van der Waals surface area contributed by atoms with Gasteiger partial charge >= 0.3 is 0 Å². The van der Waals surface area contributed by atoms with Crippen LogP contribution in [0.2, 0.25) is 0 Å². The summed E-state index contributed by atoms with van der Waals surface area (Å²) in [5, 5.41) is 0. The van der Waals surface area contributed by atoms with Crippen LogP contribution in [0.25, 0.3) is 5.69 Å². The molecule has 0 amide bonds. The number of hydrogen-bond donors (Lipinski definition) is 0. The van der Waals surface area contributed by atoms with Gasteiger partial charge in [-0.15, -0.1) is 0 Å². The molecule has 3 aromatic rings. The predicted octanol–water partition coefficient (Wildman–Crippen LogP) is 2.02. The number of rotatable bonds is 3. The summed E-state index contributed by atoms with van der Waals surface area (Å²) in [5.74, 6) is -0.526. The molecule has 0 N–H and O–H groups in total. The largest absolute Gasteiger partial charge is 0.491 e. The second-order valence-corrected chi connectivity index (χ2v) is 5.54. The van der Waals surface area contributed by atoms with Gasteiger partial charge in [0.25, 0.3) is 0 Å². The summed E-state index contributed by atoms with van der Waals surface area (Å²) in [6, 6.07) is 11.5. The number of carbonyl (C=O) groups excluding carboxylic acids is 2. The summed E-state index contributed by atoms with van der Waals surface area (Å²) >= 11 is 0. The van der Waals surface area contributed by atoms with Gasteiger partial charge in [0.15, 0.2) is 5.75 Å². The van der Waals surface area contributed by atoms with Gasteiger partial charge in [-0.1, -0.05) is 30.3 Å². The van der Waals surface area contributed by atoms with Crippen molar-refractivity contribution >= 4 is 11.6 Å². The zero-order valence-electron chi connectivity index (χ0n) is 13.2. The van der Waals surface area contributed by atoms with Crippen LogP contribution < -0.4 is 10.2 Å². The van der Waals surface area contributed by atoms with Crippen LogP contribution in [0.3, 0.4) is 0 Å². The van der Waals surface area contributed by atoms with Gasteiger partial charge in [-0.05, 0) is 6.07 Å². The zero-order valence-corrected chi connectivity index (χ0v) is 13.2. The first-order chi connectivity index (χ1) is 12.1. The summed E-state index contributed by atoms with van der Waals surface area (Å²) in [4.78, 5) is 41.6. The number of benzene rings is 1. The predicted molar refractivity (Wildman–Crippen MR) is 89.7 cm³/mol. The molecule has 0 bridgehead atoms. The minimum absolute atomic E-state index is 0.0892. The van der Waals surface area contributed by atoms with E-state index in [1.54, 1.807) is 30.3 Å². The minimum atomic E-state index is -0.390. The van der Waals surface area contributed by atoms with Crippen LogP contribution >= 0.6 is 0 Å². The van der Waals surface area contributed by atoms with E-state index in [4.69, 9.17) is 4.74 Å². The van der Waals surface area contributed by atoms with Crippen LogP contribution in [0.4, 0.5) is 0 Å². The maximum Gasteiger partial charge on any atom is 0.224 e. The third-order valence-corrected chi connectivity index (χ3v) is 4.13. The van der Waals surface area contributed by atoms with Crippen LogP contribution in [-0.2, 0) is 0 Å². The van der Waals surface area contributed by atoms with Crippen molar-refractivity contribution < 1.29 is 14.3 Å². The lowest BCUT2D eigenvalue weighted by Crippen LogP contribution is -2.13. The zero-order chi connectivity index (χ0) is 17.6. The number of ketones is 2. The number of pyridine rings is 2. The van der Waals surface area contributed by atoms with Crippen LogP contribution in [-0.4, -0.2) is 28.2 Å². The molecule has 1 aromatic carbocycles. The van der Waals surface area contributed by atoms with Crippen LogP contribution in [0.5, 0.6) is 5.75 Å². The highest BCUT2D eigenvalue weighted by atomic mass is 16.5. The number of methoxy groups -OCH3 is 1. The van der Waals surface area contributed by atoms with Gasteiger partial charge in [-0.2, -0.15) is 0 Å². The molecule has 0 unspecified atom stereocenters. The molecule has 0 saturated heterocycles. The summed E-state index contributed by atoms with van der Waals surface area (Å²) in [6.07, 6.45) is 2.85. The third kappa shape index (κ3) is 2.19. The van der Waals surface area contributed by atoms with Gasteiger partial charge in [-0.3, -0.25) is 19.4 Å². The monoisotopic (exact) mass is 332 g/mol. The maximum absolute atomic E-state index is 12.9. The molecule has 1 aliphatic heterocycles. The fourth-order valence-corrected chi connectivity index (χ4v) is 2.94. The van der Waals surface area contributed by atoms with Gasteiger partial charge < -0.3 is 9.30 Å². The summed E-state index contributed by atoms with van der Waals surface area (Å²) in [6.45, 7) is 0. The lowest BCUT2D eigenvalue weighted by atomic mass is 10.0. The highest BCUT2D eigenvalue weighted by molar-refractivity contribution is 6.18. The van der Waals surface area contributed by atoms with E-state index in [9.17, 15) is 14.4 Å². The molecule has 6 nitrogen and oxygen atoms in total. The standard InChI is InChI=1S/C19H12N2O4/c1-25-15-10-21-13(9-14(15)22)19(24)12-7-8-20-16(17(12)21)18(23)11-5-3-2-4-6-11/h2-10H,1H3. The van der Waals surface area contributed by atoms with E-state index in [1.165, 1.54) is 30.1 Å². The first-order valence-electron chi connectivity index (χ1n) is 7.56. The van der Waals surface area contributed by atoms with Crippen molar-refractivity contribution in [3.63, 3.8) is 0 Å². The normalized spacial score (nSPS) is 11.8. The Morgan fingerprint density at radius 2 is 1.88 bits per heavy atom. The number of carbonyl (C=O) groups is 2. The minimum Gasteiger partial charge on any atom is -0.491 e. The van der Waals surface area contributed by atoms with E-state index in [-0.39, 0.29) is 34.1 Å². The van der Waals surface area contributed by atoms with Crippen molar-refractivity contribution in [3.8, 4) is 11.4 Å². The molecule has 25 heavy (non-hydrogen) atoms. The van der Waals surface area contributed by atoms with Gasteiger partial charge in [0.2, 0.25) is 17.0 Å². The van der Waals surface area contributed by atoms with Crippen molar-refractivity contribution in [2.24, 2.45) is 0 Å². The lowest BCUT2D eigenvalue weighted by Gasteiger charge is -2.10. The van der Waals surface area contributed by atoms with Crippen molar-refractivity contribution in [3.05, 3.63) is 87.6 Å². The Morgan fingerprint density at radius 3 is 2.60 bits per heavy atom. The third-order valence-electron chi connectivity index (χ3n) is 4.13. The van der Waals surface area contributed by atoms with E-state index < -0.39 is 0 Å². The van der Waals surface area contributed by atoms with Crippen LogP contribution in [0.15, 0.2) is 59.7 Å². The molecular formula is C19H12N2O4. The Kier molecular flexibility index (Phi) is 3.32. The van der Waals surface area contributed by atoms with Crippen LogP contribution in [0, 0.1) is 0 Å². The SMILES string of the molecule is COc1cn2c(cc1=O)C(=O)c1ccnc(C(=O)c3ccccc3)c1-2. The summed E-state index contributed by atoms with van der Waals surface area (Å²) in [5.41, 5.74) is 1.13. The van der Waals surface area contributed by atoms with E-state index in [2.05, 4.69) is 4.98 Å². The molecule has 4 rings (SSSR count). The summed E-state index contributed by atoms with van der Waals surface area (Å²) < 4.78 is 6.56. The second-order valence-electron chi connectivity index (χ2n) is 5.54. The molecule has 0 spiro atoms. The Labute approximate surface area is 142 Å². The Balaban J connectivity index is 1.98. The fourth-order valence-electron chi connectivity index (χ4n) is 2.94. The molecule has 3 heterocycles. The highest BCUT2D eigenvalue weighted by Crippen LogP contribution is 2.31. The molecule has 6 heteroatoms. The van der Waals surface area contributed by atoms with E-state index in [0.717, 1.165) is 0 Å². The Hall–Kier alpha value is -3.54. The molecule has 0 saturated carbocycles. The number of hydrogen-bond acceptors (Lipinski definition) is 5. The first kappa shape index (κ1) is 15.0. The fraction of sp³-hybridized carbons (Fsp3) is 0.0526. The lowest BCUT2D eigenvalue weighted by molar-refractivity contribution is 0.103. The first-order valence-corrected chi connectivity index (χ1v) is 7.56. The number of aromatic nitrogens is 2. The quantitative estimate of drug-likeness (QED) is 0.536. The number of ether oxygens (including phenoxy) is 1. The molecule has 1 aliphatic rings. The van der Waals surface area contributed by atoms with Crippen molar-refractivity contribution in [1.82, 2.24) is 9.55 Å². The topological polar surface area (TPSA) is 78.3 Å². The molecular weight excluding hydrogens is 320 g/mol. The molecule has 0 fully saturated rings. The highest BCUT2D eigenvalue weighted by Gasteiger charge is 2.32. The van der Waals surface area contributed by atoms with E-state index in [1.807, 2.05) is 6.07 Å². The average Bonchev–Trinajstić information content (AvgIpc) is 2.93. The average molecular weight is 332 g/mol. The molecule has 0 aliphatic carbocycles. The van der Waals surface area contributed by atoms with E-state index >= 15 is 0 Å². The molecule has 2 aromatic heterocycles. The van der Waals surface area contributed by atoms with Crippen molar-refractivity contribution in [2.75, 3.05) is 7.11 Å². The second kappa shape index (κ2) is 5.52. The van der Waals surface area contributed by atoms with Gasteiger partial charge in [-0.25, -0.2) is 0 Å². The maximum atomic E-state index is 12.9. The Morgan fingerprint density at radius 1 is 1.12 bits per heavy atom. The van der Waals surface area contributed by atoms with Gasteiger partial charge in [0, 0.05) is 17.8 Å².